The van der Waals surface area contributed by atoms with Crippen molar-refractivity contribution in [3.05, 3.63) is 100 Å². The summed E-state index contributed by atoms with van der Waals surface area (Å²) in [5.41, 5.74) is 2.47. The summed E-state index contributed by atoms with van der Waals surface area (Å²) in [5, 5.41) is 22.2. The Bertz CT molecular complexity index is 1500. The molecule has 0 spiro atoms. The zero-order valence-electron chi connectivity index (χ0n) is 19.4. The number of carbonyl (C=O) groups is 1. The smallest absolute Gasteiger partial charge is 0.269 e. The number of nitrogens with one attached hydrogen (secondary N) is 2. The van der Waals surface area contributed by atoms with Crippen molar-refractivity contribution in [2.45, 2.75) is 13.0 Å². The molecule has 0 radical (unpaired) electrons. The Morgan fingerprint density at radius 2 is 2.00 bits per heavy atom. The van der Waals surface area contributed by atoms with Crippen LogP contribution in [-0.2, 0) is 4.79 Å². The molecule has 0 saturated heterocycles. The Labute approximate surface area is 205 Å². The van der Waals surface area contributed by atoms with Gasteiger partial charge < -0.3 is 15.4 Å². The van der Waals surface area contributed by atoms with Gasteiger partial charge in [-0.15, -0.1) is 5.10 Å². The summed E-state index contributed by atoms with van der Waals surface area (Å²) in [7, 11) is 1.52. The SMILES string of the molecule is COc1ccccc1NC(=O)C1=C(C)Nc2nc(-c3cccnc3)nn2C1c1cccc([N+](=O)[O-])c1. The quantitative estimate of drug-likeness (QED) is 0.308. The summed E-state index contributed by atoms with van der Waals surface area (Å²) >= 11 is 0. The van der Waals surface area contributed by atoms with Crippen molar-refractivity contribution in [1.29, 1.82) is 0 Å². The molecule has 0 saturated carbocycles. The molecule has 2 aromatic heterocycles. The number of nitro groups is 1. The van der Waals surface area contributed by atoms with E-state index in [2.05, 4.69) is 25.7 Å². The molecule has 36 heavy (non-hydrogen) atoms. The van der Waals surface area contributed by atoms with E-state index < -0.39 is 16.9 Å². The van der Waals surface area contributed by atoms with Crippen molar-refractivity contribution >= 4 is 23.2 Å². The van der Waals surface area contributed by atoms with Gasteiger partial charge in [-0.25, -0.2) is 4.68 Å². The van der Waals surface area contributed by atoms with Gasteiger partial charge in [-0.1, -0.05) is 24.3 Å². The number of nitrogens with zero attached hydrogens (tertiary/aromatic N) is 5. The third-order valence-corrected chi connectivity index (χ3v) is 5.77. The average molecular weight is 483 g/mol. The summed E-state index contributed by atoms with van der Waals surface area (Å²) in [6.07, 6.45) is 3.29. The normalized spacial score (nSPS) is 14.6. The summed E-state index contributed by atoms with van der Waals surface area (Å²) in [4.78, 5) is 33.4. The number of rotatable bonds is 6. The molecule has 0 bridgehead atoms. The van der Waals surface area contributed by atoms with Crippen LogP contribution in [0, 0.1) is 10.1 Å². The van der Waals surface area contributed by atoms with Crippen LogP contribution in [0.25, 0.3) is 11.4 Å². The van der Waals surface area contributed by atoms with Crippen LogP contribution in [0.3, 0.4) is 0 Å². The summed E-state index contributed by atoms with van der Waals surface area (Å²) < 4.78 is 6.93. The number of pyridine rings is 1. The Morgan fingerprint density at radius 3 is 2.75 bits per heavy atom. The Hall–Kier alpha value is -5.06. The van der Waals surface area contributed by atoms with E-state index in [1.165, 1.54) is 19.2 Å². The lowest BCUT2D eigenvalue weighted by molar-refractivity contribution is -0.384. The fourth-order valence-electron chi connectivity index (χ4n) is 4.12. The van der Waals surface area contributed by atoms with Gasteiger partial charge in [0.1, 0.15) is 11.8 Å². The molecule has 3 heterocycles. The number of carbonyl (C=O) groups excluding carboxylic acids is 1. The molecule has 1 aliphatic rings. The highest BCUT2D eigenvalue weighted by molar-refractivity contribution is 6.06. The number of para-hydroxylation sites is 2. The van der Waals surface area contributed by atoms with Gasteiger partial charge in [0.15, 0.2) is 5.82 Å². The number of hydrogen-bond donors (Lipinski definition) is 2. The molecule has 180 valence electrons. The summed E-state index contributed by atoms with van der Waals surface area (Å²) in [6.45, 7) is 1.75. The Kier molecular flexibility index (Phi) is 5.87. The highest BCUT2D eigenvalue weighted by Crippen LogP contribution is 2.38. The van der Waals surface area contributed by atoms with Crippen LogP contribution in [0.4, 0.5) is 17.3 Å². The first kappa shape index (κ1) is 22.7. The second-order valence-corrected chi connectivity index (χ2v) is 8.02. The summed E-state index contributed by atoms with van der Waals surface area (Å²) in [5.74, 6) is 0.891. The maximum atomic E-state index is 13.7. The number of anilines is 2. The number of ether oxygens (including phenoxy) is 1. The first-order chi connectivity index (χ1) is 17.5. The average Bonchev–Trinajstić information content (AvgIpc) is 3.32. The van der Waals surface area contributed by atoms with Gasteiger partial charge in [0.2, 0.25) is 5.95 Å². The highest BCUT2D eigenvalue weighted by atomic mass is 16.6. The lowest BCUT2D eigenvalue weighted by Gasteiger charge is -2.28. The van der Waals surface area contributed by atoms with E-state index in [1.807, 2.05) is 6.07 Å². The molecular weight excluding hydrogens is 462 g/mol. The Balaban J connectivity index is 1.63. The minimum Gasteiger partial charge on any atom is -0.495 e. The molecule has 0 fully saturated rings. The Morgan fingerprint density at radius 1 is 1.17 bits per heavy atom. The number of non-ortho nitro benzene ring substituents is 1. The first-order valence-electron chi connectivity index (χ1n) is 11.0. The minimum absolute atomic E-state index is 0.0951. The van der Waals surface area contributed by atoms with Crippen LogP contribution in [0.2, 0.25) is 0 Å². The van der Waals surface area contributed by atoms with Crippen LogP contribution in [0.15, 0.2) is 84.3 Å². The lowest BCUT2D eigenvalue weighted by Crippen LogP contribution is -2.31. The van der Waals surface area contributed by atoms with Gasteiger partial charge in [-0.2, -0.15) is 4.98 Å². The molecule has 4 aromatic rings. The van der Waals surface area contributed by atoms with Crippen LogP contribution < -0.4 is 15.4 Å². The van der Waals surface area contributed by atoms with E-state index in [-0.39, 0.29) is 5.69 Å². The number of aromatic nitrogens is 4. The molecule has 2 N–H and O–H groups in total. The standard InChI is InChI=1S/C25H21N7O4/c1-15-21(24(33)28-19-10-3-4-11-20(19)36-2)22(16-7-5-9-18(13-16)32(34)35)31-25(27-15)29-23(30-31)17-8-6-12-26-14-17/h3-14,22H,1-2H3,(H,28,33)(H,27,29,30). The lowest BCUT2D eigenvalue weighted by atomic mass is 9.94. The van der Waals surface area contributed by atoms with Gasteiger partial charge in [0.05, 0.1) is 23.3 Å². The zero-order valence-corrected chi connectivity index (χ0v) is 19.4. The second-order valence-electron chi connectivity index (χ2n) is 8.02. The predicted octanol–water partition coefficient (Wildman–Crippen LogP) is 4.18. The molecule has 1 unspecified atom stereocenters. The van der Waals surface area contributed by atoms with Gasteiger partial charge in [0, 0.05) is 35.8 Å². The number of allylic oxidation sites excluding steroid dienone is 1. The molecule has 2 aromatic carbocycles. The van der Waals surface area contributed by atoms with Gasteiger partial charge in [-0.3, -0.25) is 19.9 Å². The van der Waals surface area contributed by atoms with E-state index in [1.54, 1.807) is 66.5 Å². The maximum Gasteiger partial charge on any atom is 0.269 e. The fourth-order valence-corrected chi connectivity index (χ4v) is 4.12. The van der Waals surface area contributed by atoms with E-state index in [9.17, 15) is 14.9 Å². The molecule has 1 amide bonds. The van der Waals surface area contributed by atoms with Crippen molar-refractivity contribution in [3.8, 4) is 17.1 Å². The number of nitro benzene ring substituents is 1. The molecule has 1 atom stereocenters. The van der Waals surface area contributed by atoms with Crippen LogP contribution >= 0.6 is 0 Å². The van der Waals surface area contributed by atoms with Crippen LogP contribution in [0.1, 0.15) is 18.5 Å². The topological polar surface area (TPSA) is 137 Å². The number of amides is 1. The van der Waals surface area contributed by atoms with Crippen molar-refractivity contribution in [2.75, 3.05) is 17.7 Å². The van der Waals surface area contributed by atoms with Crippen molar-refractivity contribution in [2.24, 2.45) is 0 Å². The van der Waals surface area contributed by atoms with Crippen molar-refractivity contribution in [1.82, 2.24) is 19.7 Å². The number of fused-ring (bicyclic) bond motifs is 1. The van der Waals surface area contributed by atoms with Crippen LogP contribution in [0.5, 0.6) is 5.75 Å². The molecule has 11 heteroatoms. The van der Waals surface area contributed by atoms with Gasteiger partial charge in [-0.05, 0) is 36.8 Å². The number of hydrogen-bond acceptors (Lipinski definition) is 8. The van der Waals surface area contributed by atoms with Gasteiger partial charge in [0.25, 0.3) is 11.6 Å². The second kappa shape index (κ2) is 9.29. The van der Waals surface area contributed by atoms with E-state index in [4.69, 9.17) is 4.74 Å². The van der Waals surface area contributed by atoms with Crippen LogP contribution in [-0.4, -0.2) is 37.7 Å². The molecule has 1 aliphatic heterocycles. The van der Waals surface area contributed by atoms with Crippen molar-refractivity contribution in [3.63, 3.8) is 0 Å². The van der Waals surface area contributed by atoms with E-state index in [0.29, 0.717) is 45.6 Å². The van der Waals surface area contributed by atoms with Crippen molar-refractivity contribution < 1.29 is 14.5 Å². The molecular formula is C25H21N7O4. The predicted molar refractivity (Wildman–Crippen MR) is 132 cm³/mol. The molecule has 0 aliphatic carbocycles. The zero-order chi connectivity index (χ0) is 25.2. The summed E-state index contributed by atoms with van der Waals surface area (Å²) in [6, 6.07) is 16.0. The number of benzene rings is 2. The highest BCUT2D eigenvalue weighted by Gasteiger charge is 2.35. The van der Waals surface area contributed by atoms with E-state index >= 15 is 0 Å². The largest absolute Gasteiger partial charge is 0.495 e. The van der Waals surface area contributed by atoms with E-state index in [0.717, 1.165) is 0 Å². The fraction of sp³-hybridized carbons (Fsp3) is 0.120. The third kappa shape index (κ3) is 4.13. The minimum atomic E-state index is -0.784. The maximum absolute atomic E-state index is 13.7. The third-order valence-electron chi connectivity index (χ3n) is 5.77. The van der Waals surface area contributed by atoms with Gasteiger partial charge >= 0.3 is 0 Å². The number of methoxy groups -OCH3 is 1. The first-order valence-corrected chi connectivity index (χ1v) is 11.0. The molecule has 11 nitrogen and oxygen atoms in total. The monoisotopic (exact) mass is 483 g/mol. The molecule has 5 rings (SSSR count).